The minimum Gasteiger partial charge on any atom is -0.478 e. The predicted molar refractivity (Wildman–Crippen MR) is 135 cm³/mol. The summed E-state index contributed by atoms with van der Waals surface area (Å²) >= 11 is 3.37. The lowest BCUT2D eigenvalue weighted by atomic mass is 9.95. The Hall–Kier alpha value is -3.60. The van der Waals surface area contributed by atoms with Gasteiger partial charge in [0.1, 0.15) is 11.6 Å². The second-order valence-corrected chi connectivity index (χ2v) is 9.62. The molecule has 1 atom stereocenters. The van der Waals surface area contributed by atoms with E-state index in [1.807, 2.05) is 20.8 Å². The molecule has 0 aliphatic rings. The Morgan fingerprint density at radius 1 is 1.29 bits per heavy atom. The lowest BCUT2D eigenvalue weighted by Gasteiger charge is -2.21. The average Bonchev–Trinajstić information content (AvgIpc) is 2.78. The van der Waals surface area contributed by atoms with Crippen molar-refractivity contribution < 1.29 is 19.2 Å². The van der Waals surface area contributed by atoms with Crippen LogP contribution in [0.15, 0.2) is 50.8 Å². The van der Waals surface area contributed by atoms with Gasteiger partial charge < -0.3 is 9.47 Å². The molecule has 35 heavy (non-hydrogen) atoms. The average molecular weight is 545 g/mol. The zero-order chi connectivity index (χ0) is 25.9. The fourth-order valence-electron chi connectivity index (χ4n) is 3.22. The zero-order valence-corrected chi connectivity index (χ0v) is 21.5. The van der Waals surface area contributed by atoms with Crippen LogP contribution in [0.3, 0.4) is 0 Å². The van der Waals surface area contributed by atoms with E-state index in [2.05, 4.69) is 26.0 Å². The highest BCUT2D eigenvalue weighted by atomic mass is 79.9. The lowest BCUT2D eigenvalue weighted by Crippen LogP contribution is -2.29. The van der Waals surface area contributed by atoms with Gasteiger partial charge in [0.15, 0.2) is 6.10 Å². The van der Waals surface area contributed by atoms with Gasteiger partial charge in [-0.1, -0.05) is 36.7 Å². The van der Waals surface area contributed by atoms with E-state index >= 15 is 0 Å². The maximum atomic E-state index is 13.4. The van der Waals surface area contributed by atoms with Crippen LogP contribution in [-0.4, -0.2) is 39.5 Å². The summed E-state index contributed by atoms with van der Waals surface area (Å²) < 4.78 is 12.5. The standard InChI is InChI=1S/C24H25BrN4O6/c1-6-34-22(31)14(2)35-20-10-8-17(29(32)33)11-15(20)13-26-28-21(30)18-12-16(25)7-9-19(18)27-23(28)24(3,4)5/h7-14H,6H2,1-5H3/t14-/m1/s1. The zero-order valence-electron chi connectivity index (χ0n) is 19.9. The number of fused-ring (bicyclic) bond motifs is 1. The van der Waals surface area contributed by atoms with Crippen LogP contribution in [0, 0.1) is 10.1 Å². The Labute approximate surface area is 209 Å². The Bertz CT molecular complexity index is 1380. The number of carbonyl (C=O) groups is 1. The molecule has 10 nitrogen and oxygen atoms in total. The van der Waals surface area contributed by atoms with Crippen LogP contribution in [0.25, 0.3) is 10.9 Å². The highest BCUT2D eigenvalue weighted by molar-refractivity contribution is 9.10. The Morgan fingerprint density at radius 2 is 2.00 bits per heavy atom. The van der Waals surface area contributed by atoms with Crippen LogP contribution in [-0.2, 0) is 14.9 Å². The Kier molecular flexibility index (Phi) is 7.69. The first kappa shape index (κ1) is 26.0. The highest BCUT2D eigenvalue weighted by Gasteiger charge is 2.23. The molecular weight excluding hydrogens is 520 g/mol. The molecule has 3 aromatic rings. The van der Waals surface area contributed by atoms with Gasteiger partial charge >= 0.3 is 5.97 Å². The molecule has 0 aliphatic carbocycles. The maximum Gasteiger partial charge on any atom is 0.347 e. The summed E-state index contributed by atoms with van der Waals surface area (Å²) in [4.78, 5) is 40.8. The highest BCUT2D eigenvalue weighted by Crippen LogP contribution is 2.26. The van der Waals surface area contributed by atoms with Crippen molar-refractivity contribution in [2.45, 2.75) is 46.1 Å². The van der Waals surface area contributed by atoms with E-state index in [1.165, 1.54) is 36.0 Å². The van der Waals surface area contributed by atoms with E-state index in [0.717, 1.165) is 0 Å². The molecule has 3 rings (SSSR count). The van der Waals surface area contributed by atoms with E-state index < -0.39 is 28.0 Å². The molecule has 0 spiro atoms. The number of non-ortho nitro benzene ring substituents is 1. The number of nitro groups is 1. The van der Waals surface area contributed by atoms with Crippen molar-refractivity contribution in [1.29, 1.82) is 0 Å². The van der Waals surface area contributed by atoms with Gasteiger partial charge in [-0.05, 0) is 38.1 Å². The van der Waals surface area contributed by atoms with Gasteiger partial charge in [0.25, 0.3) is 11.2 Å². The number of esters is 1. The minimum absolute atomic E-state index is 0.168. The number of hydrogen-bond acceptors (Lipinski definition) is 8. The molecule has 11 heteroatoms. The Morgan fingerprint density at radius 3 is 2.63 bits per heavy atom. The predicted octanol–water partition coefficient (Wildman–Crippen LogP) is 4.58. The first-order valence-corrected chi connectivity index (χ1v) is 11.6. The number of halogens is 1. The van der Waals surface area contributed by atoms with Crippen LogP contribution in [0.5, 0.6) is 5.75 Å². The van der Waals surface area contributed by atoms with E-state index in [9.17, 15) is 19.7 Å². The fraction of sp³-hybridized carbons (Fsp3) is 0.333. The molecule has 2 aromatic carbocycles. The smallest absolute Gasteiger partial charge is 0.347 e. The summed E-state index contributed by atoms with van der Waals surface area (Å²) in [5.74, 6) is -0.00703. The first-order valence-electron chi connectivity index (χ1n) is 10.8. The second kappa shape index (κ2) is 10.3. The van der Waals surface area contributed by atoms with Crippen LogP contribution in [0.1, 0.15) is 46.0 Å². The molecule has 0 N–H and O–H groups in total. The normalized spacial score (nSPS) is 12.6. The molecule has 0 saturated heterocycles. The number of ether oxygens (including phenoxy) is 2. The number of carbonyl (C=O) groups excluding carboxylic acids is 1. The summed E-state index contributed by atoms with van der Waals surface area (Å²) in [5.41, 5.74) is -0.413. The van der Waals surface area contributed by atoms with E-state index in [0.29, 0.717) is 21.2 Å². The molecule has 0 fully saturated rings. The third kappa shape index (κ3) is 5.91. The van der Waals surface area contributed by atoms with Gasteiger partial charge in [-0.2, -0.15) is 9.78 Å². The monoisotopic (exact) mass is 544 g/mol. The summed E-state index contributed by atoms with van der Waals surface area (Å²) in [5, 5.41) is 16.1. The molecule has 0 unspecified atom stereocenters. The number of aromatic nitrogens is 2. The topological polar surface area (TPSA) is 126 Å². The summed E-state index contributed by atoms with van der Waals surface area (Å²) in [6, 6.07) is 9.08. The maximum absolute atomic E-state index is 13.4. The van der Waals surface area contributed by atoms with Crippen molar-refractivity contribution in [2.75, 3.05) is 6.61 Å². The third-order valence-corrected chi connectivity index (χ3v) is 5.41. The molecule has 0 bridgehead atoms. The number of nitro benzene ring substituents is 1. The molecular formula is C24H25BrN4O6. The number of nitrogens with zero attached hydrogens (tertiary/aromatic N) is 4. The van der Waals surface area contributed by atoms with Crippen LogP contribution in [0.2, 0.25) is 0 Å². The van der Waals surface area contributed by atoms with Gasteiger partial charge in [-0.15, -0.1) is 0 Å². The first-order chi connectivity index (χ1) is 16.4. The van der Waals surface area contributed by atoms with Gasteiger partial charge in [0.2, 0.25) is 0 Å². The van der Waals surface area contributed by atoms with Crippen LogP contribution >= 0.6 is 15.9 Å². The summed E-state index contributed by atoms with van der Waals surface area (Å²) in [6.45, 7) is 9.06. The van der Waals surface area contributed by atoms with Crippen molar-refractivity contribution >= 4 is 44.7 Å². The number of hydrogen-bond donors (Lipinski definition) is 0. The van der Waals surface area contributed by atoms with E-state index in [4.69, 9.17) is 9.47 Å². The van der Waals surface area contributed by atoms with Crippen molar-refractivity contribution in [3.05, 3.63) is 72.7 Å². The largest absolute Gasteiger partial charge is 0.478 e. The van der Waals surface area contributed by atoms with E-state index in [1.54, 1.807) is 25.1 Å². The Balaban J connectivity index is 2.16. The minimum atomic E-state index is -0.962. The van der Waals surface area contributed by atoms with Crippen molar-refractivity contribution in [3.63, 3.8) is 0 Å². The van der Waals surface area contributed by atoms with Gasteiger partial charge in [0.05, 0.1) is 28.6 Å². The number of benzene rings is 2. The molecule has 0 aliphatic heterocycles. The van der Waals surface area contributed by atoms with Crippen LogP contribution < -0.4 is 10.3 Å². The number of rotatable bonds is 7. The molecule has 184 valence electrons. The lowest BCUT2D eigenvalue weighted by molar-refractivity contribution is -0.384. The SMILES string of the molecule is CCOC(=O)[C@@H](C)Oc1ccc([N+](=O)[O-])cc1C=Nn1c(C(C)(C)C)nc2ccc(Br)cc2c1=O. The second-order valence-electron chi connectivity index (χ2n) is 8.70. The van der Waals surface area contributed by atoms with Crippen molar-refractivity contribution in [2.24, 2.45) is 5.10 Å². The molecule has 1 heterocycles. The van der Waals surface area contributed by atoms with Crippen molar-refractivity contribution in [1.82, 2.24) is 9.66 Å². The van der Waals surface area contributed by atoms with E-state index in [-0.39, 0.29) is 23.6 Å². The third-order valence-electron chi connectivity index (χ3n) is 4.92. The quantitative estimate of drug-likeness (QED) is 0.184. The summed E-state index contributed by atoms with van der Waals surface area (Å²) in [7, 11) is 0. The molecule has 0 saturated carbocycles. The molecule has 0 amide bonds. The van der Waals surface area contributed by atoms with Crippen molar-refractivity contribution in [3.8, 4) is 5.75 Å². The fourth-order valence-corrected chi connectivity index (χ4v) is 3.58. The molecule has 1 aromatic heterocycles. The summed E-state index contributed by atoms with van der Waals surface area (Å²) in [6.07, 6.45) is 0.318. The van der Waals surface area contributed by atoms with Gasteiger partial charge in [-0.25, -0.2) is 9.78 Å². The molecule has 0 radical (unpaired) electrons. The van der Waals surface area contributed by atoms with Gasteiger partial charge in [0, 0.05) is 27.6 Å². The van der Waals surface area contributed by atoms with Gasteiger partial charge in [-0.3, -0.25) is 14.9 Å². The van der Waals surface area contributed by atoms with Crippen LogP contribution in [0.4, 0.5) is 5.69 Å².